The van der Waals surface area contributed by atoms with Gasteiger partial charge < -0.3 is 56.8 Å². The third kappa shape index (κ3) is 6.51. The summed E-state index contributed by atoms with van der Waals surface area (Å²) in [7, 11) is 0. The highest BCUT2D eigenvalue weighted by Crippen LogP contribution is 2.61. The Balaban J connectivity index is 0.815. The highest BCUT2D eigenvalue weighted by atomic mass is 32.2. The fourth-order valence-electron chi connectivity index (χ4n) is 11.8. The summed E-state index contributed by atoms with van der Waals surface area (Å²) in [4.78, 5) is 0. The van der Waals surface area contributed by atoms with Crippen LogP contribution < -0.4 is 0 Å². The lowest BCUT2D eigenvalue weighted by Gasteiger charge is -2.37. The first kappa shape index (κ1) is 39.2. The molecular weight excluding hydrogens is 841 g/mol. The lowest BCUT2D eigenvalue weighted by Crippen LogP contribution is -2.53. The van der Waals surface area contributed by atoms with Crippen LogP contribution in [0.25, 0.3) is 0 Å². The average molecular weight is 895 g/mol. The van der Waals surface area contributed by atoms with Crippen molar-refractivity contribution in [3.8, 4) is 0 Å². The van der Waals surface area contributed by atoms with Crippen molar-refractivity contribution in [2.24, 2.45) is 0 Å². The van der Waals surface area contributed by atoms with Crippen LogP contribution in [0.3, 0.4) is 0 Å². The van der Waals surface area contributed by atoms with Gasteiger partial charge in [-0.05, 0) is 0 Å². The number of rotatable bonds is 5. The maximum atomic E-state index is 6.78. The number of thioether (sulfide) groups is 6. The van der Waals surface area contributed by atoms with Crippen LogP contribution in [0.5, 0.6) is 0 Å². The summed E-state index contributed by atoms with van der Waals surface area (Å²) < 4.78 is 79.2. The van der Waals surface area contributed by atoms with Crippen LogP contribution in [0.1, 0.15) is 13.8 Å². The van der Waals surface area contributed by atoms with Gasteiger partial charge in [-0.1, -0.05) is 13.8 Å². The van der Waals surface area contributed by atoms with E-state index in [9.17, 15) is 0 Å². The molecule has 12 aliphatic heterocycles. The second-order valence-corrected chi connectivity index (χ2v) is 25.5. The Morgan fingerprint density at radius 2 is 0.357 bits per heavy atom. The second-order valence-electron chi connectivity index (χ2n) is 16.9. The van der Waals surface area contributed by atoms with Gasteiger partial charge in [-0.2, -0.15) is 0 Å². The molecule has 314 valence electrons. The van der Waals surface area contributed by atoms with Gasteiger partial charge in [0.25, 0.3) is 0 Å². The van der Waals surface area contributed by atoms with Gasteiger partial charge in [0, 0.05) is 63.0 Å². The number of hydrogen-bond acceptors (Lipinski definition) is 18. The summed E-state index contributed by atoms with van der Waals surface area (Å²) in [5.74, 6) is 0. The van der Waals surface area contributed by atoms with E-state index in [1.807, 2.05) is 23.5 Å². The van der Waals surface area contributed by atoms with Crippen molar-refractivity contribution in [3.05, 3.63) is 0 Å². The summed E-state index contributed by atoms with van der Waals surface area (Å²) in [6.07, 6.45) is 0.304. The van der Waals surface area contributed by atoms with Crippen molar-refractivity contribution in [2.45, 2.75) is 150 Å². The number of fused-ring (bicyclic) bond motifs is 6. The van der Waals surface area contributed by atoms with Crippen LogP contribution in [-0.4, -0.2) is 216 Å². The molecule has 0 aromatic heterocycles. The zero-order valence-electron chi connectivity index (χ0n) is 31.7. The van der Waals surface area contributed by atoms with Gasteiger partial charge in [-0.15, -0.1) is 70.6 Å². The SMILES string of the molecule is CC1SC(C2SC(C3SC(C4SC(C5SC(C6SC(C)C7OCCOC76)C6OCCOC65)C5OCCOC54)C4OCCOC43)C3OCCOC32)C2OCCOC12. The van der Waals surface area contributed by atoms with E-state index in [0.717, 1.165) is 0 Å². The zero-order chi connectivity index (χ0) is 37.1. The molecule has 0 aliphatic carbocycles. The molecule has 12 fully saturated rings. The maximum Gasteiger partial charge on any atom is 0.0979 e. The molecule has 0 aromatic rings. The summed E-state index contributed by atoms with van der Waals surface area (Å²) in [5.41, 5.74) is 0. The van der Waals surface area contributed by atoms with Crippen molar-refractivity contribution in [3.63, 3.8) is 0 Å². The third-order valence-corrected chi connectivity index (χ3v) is 25.0. The minimum Gasteiger partial charge on any atom is -0.372 e. The van der Waals surface area contributed by atoms with Crippen molar-refractivity contribution in [1.82, 2.24) is 0 Å². The van der Waals surface area contributed by atoms with Gasteiger partial charge >= 0.3 is 0 Å². The minimum atomic E-state index is -0.0353. The van der Waals surface area contributed by atoms with Gasteiger partial charge in [0.1, 0.15) is 0 Å². The maximum absolute atomic E-state index is 6.78. The molecule has 12 nitrogen and oxygen atoms in total. The van der Waals surface area contributed by atoms with E-state index in [1.165, 1.54) is 0 Å². The van der Waals surface area contributed by atoms with Gasteiger partial charge in [0.2, 0.25) is 0 Å². The first-order valence-electron chi connectivity index (χ1n) is 20.9. The second kappa shape index (κ2) is 16.3. The molecule has 24 unspecified atom stereocenters. The Hall–Kier alpha value is 1.62. The molecule has 0 N–H and O–H groups in total. The Labute approximate surface area is 354 Å². The van der Waals surface area contributed by atoms with Gasteiger partial charge in [0.05, 0.1) is 153 Å². The molecule has 0 saturated carbocycles. The van der Waals surface area contributed by atoms with Crippen LogP contribution in [0.2, 0.25) is 0 Å². The van der Waals surface area contributed by atoms with E-state index in [0.29, 0.717) is 89.8 Å². The van der Waals surface area contributed by atoms with Crippen molar-refractivity contribution in [2.75, 3.05) is 79.3 Å². The summed E-state index contributed by atoms with van der Waals surface area (Å²) in [5, 5.41) is 3.00. The fourth-order valence-corrected chi connectivity index (χ4v) is 23.9. The van der Waals surface area contributed by atoms with Gasteiger partial charge in [-0.3, -0.25) is 0 Å². The van der Waals surface area contributed by atoms with Crippen LogP contribution in [-0.2, 0) is 56.8 Å². The lowest BCUT2D eigenvalue weighted by atomic mass is 9.92. The molecule has 12 saturated heterocycles. The number of ether oxygens (including phenoxy) is 12. The highest BCUT2D eigenvalue weighted by molar-refractivity contribution is 8.08. The summed E-state index contributed by atoms with van der Waals surface area (Å²) >= 11 is 12.3. The monoisotopic (exact) mass is 894 g/mol. The van der Waals surface area contributed by atoms with Crippen LogP contribution in [0.15, 0.2) is 0 Å². The van der Waals surface area contributed by atoms with Crippen molar-refractivity contribution in [1.29, 1.82) is 0 Å². The van der Waals surface area contributed by atoms with Crippen LogP contribution in [0, 0.1) is 0 Å². The number of hydrogen-bond donors (Lipinski definition) is 0. The molecule has 24 atom stereocenters. The van der Waals surface area contributed by atoms with E-state index in [-0.39, 0.29) is 126 Å². The van der Waals surface area contributed by atoms with E-state index in [4.69, 9.17) is 56.8 Å². The predicted molar refractivity (Wildman–Crippen MR) is 219 cm³/mol. The molecule has 12 rings (SSSR count). The summed E-state index contributed by atoms with van der Waals surface area (Å²) in [6.45, 7) is 12.2. The molecule has 0 radical (unpaired) electrons. The molecule has 0 spiro atoms. The average Bonchev–Trinajstić information content (AvgIpc) is 4.10. The first-order chi connectivity index (χ1) is 27.6. The summed E-state index contributed by atoms with van der Waals surface area (Å²) in [6, 6.07) is 0. The predicted octanol–water partition coefficient (Wildman–Crippen LogP) is 2.63. The smallest absolute Gasteiger partial charge is 0.0979 e. The van der Waals surface area contributed by atoms with Crippen molar-refractivity contribution >= 4 is 70.6 Å². The van der Waals surface area contributed by atoms with Crippen LogP contribution >= 0.6 is 70.6 Å². The lowest BCUT2D eigenvalue weighted by molar-refractivity contribution is -0.162. The topological polar surface area (TPSA) is 111 Å². The normalized spacial score (nSPS) is 59.2. The molecule has 56 heavy (non-hydrogen) atoms. The Kier molecular flexibility index (Phi) is 11.4. The molecule has 12 aliphatic rings. The molecule has 0 amide bonds. The third-order valence-electron chi connectivity index (χ3n) is 13.9. The zero-order valence-corrected chi connectivity index (χ0v) is 36.6. The molecule has 18 heteroatoms. The van der Waals surface area contributed by atoms with E-state index in [2.05, 4.69) is 60.9 Å². The van der Waals surface area contributed by atoms with E-state index < -0.39 is 0 Å². The first-order valence-corrected chi connectivity index (χ1v) is 26.6. The molecule has 0 aromatic carbocycles. The van der Waals surface area contributed by atoms with Crippen molar-refractivity contribution < 1.29 is 56.8 Å². The quantitative estimate of drug-likeness (QED) is 0.403. The van der Waals surface area contributed by atoms with Gasteiger partial charge in [0.15, 0.2) is 0 Å². The molecule has 0 bridgehead atoms. The minimum absolute atomic E-state index is 0.00634. The Morgan fingerprint density at radius 3 is 0.554 bits per heavy atom. The van der Waals surface area contributed by atoms with E-state index in [1.54, 1.807) is 0 Å². The molecule has 12 heterocycles. The van der Waals surface area contributed by atoms with Gasteiger partial charge in [-0.25, -0.2) is 0 Å². The van der Waals surface area contributed by atoms with E-state index >= 15 is 0 Å². The van der Waals surface area contributed by atoms with Crippen LogP contribution in [0.4, 0.5) is 0 Å². The largest absolute Gasteiger partial charge is 0.372 e. The standard InChI is InChI=1S/C38H54O12S6/c1-15-17-19(41-5-3-39-17)29(51-15)31-21-23(45-9-7-43-21)33(53-31)35-25-27(49-13-11-47-25)37(55-35)38-28-26(48-12-14-50-28)36(56-38)34-24-22(44-8-10-46-24)32(54-34)30-20-18(16(2)52-30)40-4-6-42-20/h15-38H,3-14H2,1-2H3. The Bertz CT molecular complexity index is 1330. The highest BCUT2D eigenvalue weighted by Gasteiger charge is 2.67. The Morgan fingerprint density at radius 1 is 0.214 bits per heavy atom. The fraction of sp³-hybridized carbons (Fsp3) is 1.00. The molecular formula is C38H54O12S6.